The lowest BCUT2D eigenvalue weighted by Crippen LogP contribution is -2.01. The van der Waals surface area contributed by atoms with Crippen LogP contribution < -0.4 is 15.2 Å². The van der Waals surface area contributed by atoms with Crippen molar-refractivity contribution in [3.63, 3.8) is 0 Å². The van der Waals surface area contributed by atoms with Crippen molar-refractivity contribution in [2.45, 2.75) is 0 Å². The molecule has 7 heteroatoms. The molecule has 0 aliphatic carbocycles. The highest BCUT2D eigenvalue weighted by Crippen LogP contribution is 2.37. The fourth-order valence-electron chi connectivity index (χ4n) is 2.07. The van der Waals surface area contributed by atoms with Gasteiger partial charge in [-0.3, -0.25) is 0 Å². The van der Waals surface area contributed by atoms with Crippen LogP contribution in [0.2, 0.25) is 5.15 Å². The van der Waals surface area contributed by atoms with Gasteiger partial charge in [-0.05, 0) is 36.4 Å². The molecule has 0 saturated carbocycles. The van der Waals surface area contributed by atoms with Gasteiger partial charge in [-0.25, -0.2) is 14.4 Å². The van der Waals surface area contributed by atoms with Crippen LogP contribution in [0.1, 0.15) is 0 Å². The third-order valence-electron chi connectivity index (χ3n) is 3.23. The van der Waals surface area contributed by atoms with Crippen molar-refractivity contribution in [3.8, 4) is 28.6 Å². The van der Waals surface area contributed by atoms with E-state index in [4.69, 9.17) is 26.8 Å². The zero-order chi connectivity index (χ0) is 17.1. The second-order valence-corrected chi connectivity index (χ2v) is 5.17. The first-order chi connectivity index (χ1) is 11.6. The normalized spacial score (nSPS) is 10.5. The van der Waals surface area contributed by atoms with Gasteiger partial charge in [0.1, 0.15) is 5.82 Å². The minimum atomic E-state index is -0.353. The average molecular weight is 346 g/mol. The first-order valence-corrected chi connectivity index (χ1v) is 7.36. The maximum absolute atomic E-state index is 13.0. The molecule has 0 aliphatic heterocycles. The Hall–Kier alpha value is -2.86. The van der Waals surface area contributed by atoms with Gasteiger partial charge in [0.2, 0.25) is 5.75 Å². The van der Waals surface area contributed by atoms with Crippen LogP contribution in [-0.2, 0) is 0 Å². The molecule has 5 nitrogen and oxygen atoms in total. The zero-order valence-electron chi connectivity index (χ0n) is 12.7. The van der Waals surface area contributed by atoms with E-state index in [1.54, 1.807) is 30.3 Å². The fraction of sp³-hybridized carbons (Fsp3) is 0.0588. The molecule has 1 aromatic heterocycles. The largest absolute Gasteiger partial charge is 0.493 e. The molecule has 0 unspecified atom stereocenters. The summed E-state index contributed by atoms with van der Waals surface area (Å²) in [5.41, 5.74) is 6.54. The maximum atomic E-state index is 13.0. The number of benzene rings is 2. The first-order valence-electron chi connectivity index (χ1n) is 6.98. The van der Waals surface area contributed by atoms with Gasteiger partial charge in [-0.15, -0.1) is 0 Å². The quantitative estimate of drug-likeness (QED) is 0.713. The predicted octanol–water partition coefficient (Wildman–Crippen LogP) is 4.32. The third kappa shape index (κ3) is 3.23. The standard InChI is InChI=1S/C17H13ClFN3O2/c1-23-12-4-2-3-5-13(12)24-14-15(18)21-17(22-16(14)20)10-6-8-11(19)9-7-10/h2-9H,1H3,(H2,20,21,22). The van der Waals surface area contributed by atoms with Crippen LogP contribution >= 0.6 is 11.6 Å². The Morgan fingerprint density at radius 3 is 2.29 bits per heavy atom. The minimum Gasteiger partial charge on any atom is -0.493 e. The van der Waals surface area contributed by atoms with Crippen molar-refractivity contribution in [2.24, 2.45) is 0 Å². The summed E-state index contributed by atoms with van der Waals surface area (Å²) in [4.78, 5) is 8.35. The van der Waals surface area contributed by atoms with Crippen LogP contribution in [0.15, 0.2) is 48.5 Å². The number of nitrogens with two attached hydrogens (primary N) is 1. The van der Waals surface area contributed by atoms with Gasteiger partial charge >= 0.3 is 0 Å². The number of nitrogen functional groups attached to an aromatic ring is 1. The number of para-hydroxylation sites is 2. The second kappa shape index (κ2) is 6.72. The van der Waals surface area contributed by atoms with Crippen LogP contribution in [0.5, 0.6) is 17.2 Å². The van der Waals surface area contributed by atoms with E-state index in [0.29, 0.717) is 17.1 Å². The molecule has 2 N–H and O–H groups in total. The molecule has 2 aromatic carbocycles. The minimum absolute atomic E-state index is 0.0488. The van der Waals surface area contributed by atoms with Gasteiger partial charge in [0, 0.05) is 5.56 Å². The van der Waals surface area contributed by atoms with E-state index in [0.717, 1.165) is 0 Å². The highest BCUT2D eigenvalue weighted by molar-refractivity contribution is 6.31. The number of ether oxygens (including phenoxy) is 2. The van der Waals surface area contributed by atoms with Gasteiger partial charge in [0.25, 0.3) is 0 Å². The highest BCUT2D eigenvalue weighted by atomic mass is 35.5. The van der Waals surface area contributed by atoms with E-state index >= 15 is 0 Å². The summed E-state index contributed by atoms with van der Waals surface area (Å²) in [7, 11) is 1.53. The number of hydrogen-bond acceptors (Lipinski definition) is 5. The topological polar surface area (TPSA) is 70.3 Å². The summed E-state index contributed by atoms with van der Waals surface area (Å²) in [6.45, 7) is 0. The molecule has 24 heavy (non-hydrogen) atoms. The number of anilines is 1. The van der Waals surface area contributed by atoms with E-state index in [9.17, 15) is 4.39 Å². The van der Waals surface area contributed by atoms with E-state index in [1.165, 1.54) is 19.2 Å². The van der Waals surface area contributed by atoms with Gasteiger partial charge in [0.15, 0.2) is 28.3 Å². The van der Waals surface area contributed by atoms with Crippen molar-refractivity contribution in [3.05, 3.63) is 59.5 Å². The third-order valence-corrected chi connectivity index (χ3v) is 3.49. The summed E-state index contributed by atoms with van der Waals surface area (Å²) in [6, 6.07) is 12.8. The number of methoxy groups -OCH3 is 1. The average Bonchev–Trinajstić information content (AvgIpc) is 2.59. The van der Waals surface area contributed by atoms with Crippen molar-refractivity contribution in [1.82, 2.24) is 9.97 Å². The molecule has 122 valence electrons. The van der Waals surface area contributed by atoms with E-state index < -0.39 is 0 Å². The molecule has 0 radical (unpaired) electrons. The lowest BCUT2D eigenvalue weighted by molar-refractivity contribution is 0.378. The van der Waals surface area contributed by atoms with Gasteiger partial charge in [0.05, 0.1) is 7.11 Å². The summed E-state index contributed by atoms with van der Waals surface area (Å²) in [5.74, 6) is 1.09. The molecule has 0 saturated heterocycles. The Bertz CT molecular complexity index is 849. The van der Waals surface area contributed by atoms with Crippen molar-refractivity contribution in [1.29, 1.82) is 0 Å². The van der Waals surface area contributed by atoms with Crippen LogP contribution in [-0.4, -0.2) is 17.1 Å². The van der Waals surface area contributed by atoms with Crippen LogP contribution in [0, 0.1) is 5.82 Å². The summed E-state index contributed by atoms with van der Waals surface area (Å²) in [6.07, 6.45) is 0. The van der Waals surface area contributed by atoms with Crippen molar-refractivity contribution >= 4 is 17.4 Å². The van der Waals surface area contributed by atoms with Crippen molar-refractivity contribution in [2.75, 3.05) is 12.8 Å². The summed E-state index contributed by atoms with van der Waals surface area (Å²) < 4.78 is 23.9. The van der Waals surface area contributed by atoms with E-state index in [2.05, 4.69) is 9.97 Å². The SMILES string of the molecule is COc1ccccc1Oc1c(N)nc(-c2ccc(F)cc2)nc1Cl. The number of rotatable bonds is 4. The maximum Gasteiger partial charge on any atom is 0.206 e. The number of hydrogen-bond donors (Lipinski definition) is 1. The van der Waals surface area contributed by atoms with E-state index in [-0.39, 0.29) is 28.4 Å². The lowest BCUT2D eigenvalue weighted by Gasteiger charge is -2.13. The molecule has 1 heterocycles. The summed E-state index contributed by atoms with van der Waals surface area (Å²) in [5, 5.41) is 0.0488. The lowest BCUT2D eigenvalue weighted by atomic mass is 10.2. The monoisotopic (exact) mass is 345 g/mol. The van der Waals surface area contributed by atoms with Crippen LogP contribution in [0.25, 0.3) is 11.4 Å². The molecule has 0 bridgehead atoms. The smallest absolute Gasteiger partial charge is 0.206 e. The molecule has 3 aromatic rings. The molecule has 0 spiro atoms. The second-order valence-electron chi connectivity index (χ2n) is 4.81. The fourth-order valence-corrected chi connectivity index (χ4v) is 2.29. The number of nitrogens with zero attached hydrogens (tertiary/aromatic N) is 2. The summed E-state index contributed by atoms with van der Waals surface area (Å²) >= 11 is 6.19. The molecule has 0 amide bonds. The zero-order valence-corrected chi connectivity index (χ0v) is 13.4. The Balaban J connectivity index is 1.97. The Kier molecular flexibility index (Phi) is 4.48. The molecule has 0 aliphatic rings. The molecular weight excluding hydrogens is 333 g/mol. The molecular formula is C17H13ClFN3O2. The predicted molar refractivity (Wildman–Crippen MR) is 89.9 cm³/mol. The van der Waals surface area contributed by atoms with Crippen LogP contribution in [0.3, 0.4) is 0 Å². The molecule has 0 atom stereocenters. The highest BCUT2D eigenvalue weighted by Gasteiger charge is 2.16. The molecule has 0 fully saturated rings. The Morgan fingerprint density at radius 2 is 1.67 bits per heavy atom. The van der Waals surface area contributed by atoms with Gasteiger partial charge < -0.3 is 15.2 Å². The Morgan fingerprint density at radius 1 is 1.00 bits per heavy atom. The Labute approximate surface area is 142 Å². The number of halogens is 2. The number of aromatic nitrogens is 2. The van der Waals surface area contributed by atoms with Crippen molar-refractivity contribution < 1.29 is 13.9 Å². The first kappa shape index (κ1) is 16.0. The van der Waals surface area contributed by atoms with Gasteiger partial charge in [-0.2, -0.15) is 0 Å². The van der Waals surface area contributed by atoms with E-state index in [1.807, 2.05) is 6.07 Å². The molecule has 3 rings (SSSR count). The van der Waals surface area contributed by atoms with Gasteiger partial charge in [-0.1, -0.05) is 23.7 Å². The van der Waals surface area contributed by atoms with Crippen LogP contribution in [0.4, 0.5) is 10.2 Å².